The van der Waals surface area contributed by atoms with Gasteiger partial charge in [0.2, 0.25) is 0 Å². The molecule has 0 aliphatic heterocycles. The van der Waals surface area contributed by atoms with Crippen LogP contribution in [0.5, 0.6) is 5.75 Å². The number of anilines is 1. The van der Waals surface area contributed by atoms with Crippen molar-refractivity contribution < 1.29 is 14.6 Å². The van der Waals surface area contributed by atoms with Crippen LogP contribution in [0, 0.1) is 6.92 Å². The molecule has 1 unspecified atom stereocenters. The molecular formula is C20H26N2O3. The van der Waals surface area contributed by atoms with Gasteiger partial charge < -0.3 is 20.1 Å². The van der Waals surface area contributed by atoms with E-state index in [1.54, 1.807) is 12.0 Å². The van der Waals surface area contributed by atoms with Crippen molar-refractivity contribution in [1.82, 2.24) is 4.90 Å². The fraction of sp³-hybridized carbons (Fsp3) is 0.350. The quantitative estimate of drug-likeness (QED) is 0.804. The van der Waals surface area contributed by atoms with E-state index in [-0.39, 0.29) is 18.7 Å². The zero-order valence-electron chi connectivity index (χ0n) is 15.0. The molecule has 5 heteroatoms. The summed E-state index contributed by atoms with van der Waals surface area (Å²) in [5.74, 6) is 0.785. The minimum absolute atomic E-state index is 0.0430. The van der Waals surface area contributed by atoms with E-state index in [1.165, 1.54) is 0 Å². The average Bonchev–Trinajstić information content (AvgIpc) is 2.61. The number of urea groups is 1. The number of amides is 2. The molecule has 5 nitrogen and oxygen atoms in total. The summed E-state index contributed by atoms with van der Waals surface area (Å²) < 4.78 is 5.25. The first-order valence-corrected chi connectivity index (χ1v) is 8.42. The SMILES string of the molecule is COc1ccc(NC(=O)N(Cc2ccccc2)C(C)CCO)cc1C. The van der Waals surface area contributed by atoms with Gasteiger partial charge in [-0.25, -0.2) is 4.79 Å². The summed E-state index contributed by atoms with van der Waals surface area (Å²) in [5, 5.41) is 12.2. The highest BCUT2D eigenvalue weighted by Gasteiger charge is 2.20. The Kier molecular flexibility index (Phi) is 6.83. The normalized spacial score (nSPS) is 11.7. The number of hydrogen-bond acceptors (Lipinski definition) is 3. The van der Waals surface area contributed by atoms with E-state index in [0.717, 1.165) is 22.6 Å². The Morgan fingerprint density at radius 3 is 2.56 bits per heavy atom. The number of benzene rings is 2. The van der Waals surface area contributed by atoms with E-state index < -0.39 is 0 Å². The van der Waals surface area contributed by atoms with Crippen LogP contribution in [-0.4, -0.2) is 35.8 Å². The van der Waals surface area contributed by atoms with Crippen molar-refractivity contribution in [1.29, 1.82) is 0 Å². The number of methoxy groups -OCH3 is 1. The van der Waals surface area contributed by atoms with Crippen LogP contribution in [0.25, 0.3) is 0 Å². The van der Waals surface area contributed by atoms with Crippen LogP contribution < -0.4 is 10.1 Å². The molecule has 0 spiro atoms. The van der Waals surface area contributed by atoms with E-state index >= 15 is 0 Å². The number of aryl methyl sites for hydroxylation is 1. The Balaban J connectivity index is 2.15. The smallest absolute Gasteiger partial charge is 0.322 e. The van der Waals surface area contributed by atoms with Gasteiger partial charge in [0.1, 0.15) is 5.75 Å². The molecule has 1 atom stereocenters. The first-order valence-electron chi connectivity index (χ1n) is 8.42. The van der Waals surface area contributed by atoms with E-state index in [9.17, 15) is 9.90 Å². The van der Waals surface area contributed by atoms with Crippen molar-refractivity contribution in [3.05, 3.63) is 59.7 Å². The summed E-state index contributed by atoms with van der Waals surface area (Å²) in [7, 11) is 1.62. The zero-order chi connectivity index (χ0) is 18.2. The lowest BCUT2D eigenvalue weighted by atomic mass is 10.1. The van der Waals surface area contributed by atoms with Gasteiger partial charge >= 0.3 is 6.03 Å². The monoisotopic (exact) mass is 342 g/mol. The second kappa shape index (κ2) is 9.08. The van der Waals surface area contributed by atoms with Gasteiger partial charge in [-0.05, 0) is 49.6 Å². The number of carbonyl (C=O) groups excluding carboxylic acids is 1. The molecule has 0 aliphatic carbocycles. The molecule has 2 amide bonds. The maximum absolute atomic E-state index is 12.8. The lowest BCUT2D eigenvalue weighted by molar-refractivity contribution is 0.169. The second-order valence-electron chi connectivity index (χ2n) is 6.09. The summed E-state index contributed by atoms with van der Waals surface area (Å²) in [6.07, 6.45) is 0.530. The molecule has 0 aromatic heterocycles. The van der Waals surface area contributed by atoms with Gasteiger partial charge in [0.25, 0.3) is 0 Å². The second-order valence-corrected chi connectivity index (χ2v) is 6.09. The Hall–Kier alpha value is -2.53. The number of rotatable bonds is 7. The van der Waals surface area contributed by atoms with Crippen LogP contribution in [0.3, 0.4) is 0 Å². The van der Waals surface area contributed by atoms with E-state index in [1.807, 2.05) is 62.4 Å². The lowest BCUT2D eigenvalue weighted by Crippen LogP contribution is -2.41. The molecule has 0 saturated heterocycles. The molecule has 0 saturated carbocycles. The minimum Gasteiger partial charge on any atom is -0.496 e. The van der Waals surface area contributed by atoms with Crippen LogP contribution in [0.1, 0.15) is 24.5 Å². The predicted molar refractivity (Wildman–Crippen MR) is 99.9 cm³/mol. The summed E-state index contributed by atoms with van der Waals surface area (Å²) in [6, 6.07) is 15.1. The molecular weight excluding hydrogens is 316 g/mol. The van der Waals surface area contributed by atoms with Crippen LogP contribution in [0.2, 0.25) is 0 Å². The molecule has 0 bridgehead atoms. The molecule has 2 aromatic carbocycles. The third-order valence-corrected chi connectivity index (χ3v) is 4.18. The van der Waals surface area contributed by atoms with Gasteiger partial charge in [0.15, 0.2) is 0 Å². The third kappa shape index (κ3) is 5.22. The highest BCUT2D eigenvalue weighted by atomic mass is 16.5. The first-order chi connectivity index (χ1) is 12.0. The van der Waals surface area contributed by atoms with Gasteiger partial charge in [-0.15, -0.1) is 0 Å². The van der Waals surface area contributed by atoms with Crippen molar-refractivity contribution in [2.75, 3.05) is 19.0 Å². The standard InChI is InChI=1S/C20H26N2O3/c1-15-13-18(9-10-19(15)25-3)21-20(24)22(16(2)11-12-23)14-17-7-5-4-6-8-17/h4-10,13,16,23H,11-12,14H2,1-3H3,(H,21,24). The van der Waals surface area contributed by atoms with Crippen LogP contribution in [0.4, 0.5) is 10.5 Å². The molecule has 0 heterocycles. The highest BCUT2D eigenvalue weighted by molar-refractivity contribution is 5.89. The van der Waals surface area contributed by atoms with Crippen LogP contribution in [0.15, 0.2) is 48.5 Å². The predicted octanol–water partition coefficient (Wildman–Crippen LogP) is 3.81. The Bertz CT molecular complexity index is 689. The molecule has 2 rings (SSSR count). The number of aliphatic hydroxyl groups is 1. The van der Waals surface area contributed by atoms with Gasteiger partial charge in [0.05, 0.1) is 7.11 Å². The highest BCUT2D eigenvalue weighted by Crippen LogP contribution is 2.22. The van der Waals surface area contributed by atoms with Gasteiger partial charge in [0, 0.05) is 24.9 Å². The van der Waals surface area contributed by atoms with Crippen molar-refractivity contribution in [2.45, 2.75) is 32.9 Å². The lowest BCUT2D eigenvalue weighted by Gasteiger charge is -2.29. The number of nitrogens with zero attached hydrogens (tertiary/aromatic N) is 1. The summed E-state index contributed by atoms with van der Waals surface area (Å²) >= 11 is 0. The van der Waals surface area contributed by atoms with E-state index in [0.29, 0.717) is 13.0 Å². The maximum atomic E-state index is 12.8. The molecule has 2 aromatic rings. The summed E-state index contributed by atoms with van der Waals surface area (Å²) in [6.45, 7) is 4.41. The summed E-state index contributed by atoms with van der Waals surface area (Å²) in [5.41, 5.74) is 2.73. The fourth-order valence-electron chi connectivity index (χ4n) is 2.70. The molecule has 0 fully saturated rings. The van der Waals surface area contributed by atoms with Crippen LogP contribution in [-0.2, 0) is 6.54 Å². The molecule has 0 aliphatic rings. The number of ether oxygens (including phenoxy) is 1. The number of hydrogen-bond donors (Lipinski definition) is 2. The Labute approximate surface area is 149 Å². The Morgan fingerprint density at radius 2 is 1.96 bits per heavy atom. The topological polar surface area (TPSA) is 61.8 Å². The number of aliphatic hydroxyl groups excluding tert-OH is 1. The van der Waals surface area contributed by atoms with Gasteiger partial charge in [-0.2, -0.15) is 0 Å². The minimum atomic E-state index is -0.186. The largest absolute Gasteiger partial charge is 0.496 e. The molecule has 2 N–H and O–H groups in total. The average molecular weight is 342 g/mol. The fourth-order valence-corrected chi connectivity index (χ4v) is 2.70. The Morgan fingerprint density at radius 1 is 1.24 bits per heavy atom. The van der Waals surface area contributed by atoms with E-state index in [4.69, 9.17) is 4.74 Å². The van der Waals surface area contributed by atoms with Crippen molar-refractivity contribution in [3.63, 3.8) is 0 Å². The number of carbonyl (C=O) groups is 1. The van der Waals surface area contributed by atoms with Crippen molar-refractivity contribution in [2.24, 2.45) is 0 Å². The zero-order valence-corrected chi connectivity index (χ0v) is 15.0. The van der Waals surface area contributed by atoms with E-state index in [2.05, 4.69) is 5.32 Å². The third-order valence-electron chi connectivity index (χ3n) is 4.18. The van der Waals surface area contributed by atoms with Gasteiger partial charge in [-0.3, -0.25) is 0 Å². The first kappa shape index (κ1) is 18.8. The molecule has 0 radical (unpaired) electrons. The maximum Gasteiger partial charge on any atom is 0.322 e. The van der Waals surface area contributed by atoms with Gasteiger partial charge in [-0.1, -0.05) is 30.3 Å². The van der Waals surface area contributed by atoms with Crippen molar-refractivity contribution in [3.8, 4) is 5.75 Å². The van der Waals surface area contributed by atoms with Crippen molar-refractivity contribution >= 4 is 11.7 Å². The molecule has 25 heavy (non-hydrogen) atoms. The summed E-state index contributed by atoms with van der Waals surface area (Å²) in [4.78, 5) is 14.5. The molecule has 134 valence electrons. The number of nitrogens with one attached hydrogen (secondary N) is 1. The van der Waals surface area contributed by atoms with Crippen LogP contribution >= 0.6 is 0 Å².